The van der Waals surface area contributed by atoms with Crippen molar-refractivity contribution in [3.8, 4) is 55.9 Å². The van der Waals surface area contributed by atoms with E-state index in [1.54, 1.807) is 0 Å². The zero-order valence-electron chi connectivity index (χ0n) is 34.0. The van der Waals surface area contributed by atoms with Crippen LogP contribution in [0.5, 0.6) is 0 Å². The summed E-state index contributed by atoms with van der Waals surface area (Å²) in [6.07, 6.45) is -4.61. The molecule has 0 N–H and O–H groups in total. The van der Waals surface area contributed by atoms with Crippen LogP contribution in [0.25, 0.3) is 109 Å². The van der Waals surface area contributed by atoms with Crippen molar-refractivity contribution in [3.63, 3.8) is 0 Å². The fourth-order valence-corrected chi connectivity index (χ4v) is 9.24. The quantitative estimate of drug-likeness (QED) is 0.149. The van der Waals surface area contributed by atoms with E-state index in [1.807, 2.05) is 97.1 Å². The minimum absolute atomic E-state index is 0.113. The molecule has 2 heterocycles. The van der Waals surface area contributed by atoms with E-state index in [-0.39, 0.29) is 5.69 Å². The van der Waals surface area contributed by atoms with Gasteiger partial charge in [-0.3, -0.25) is 0 Å². The number of benzene rings is 9. The molecule has 0 aliphatic rings. The van der Waals surface area contributed by atoms with E-state index in [1.165, 1.54) is 6.07 Å². The molecule has 9 aromatic carbocycles. The molecule has 0 atom stereocenters. The highest BCUT2D eigenvalue weighted by atomic mass is 19.4. The van der Waals surface area contributed by atoms with E-state index in [2.05, 4.69) is 104 Å². The Balaban J connectivity index is 1.18. The Morgan fingerprint density at radius 2 is 0.891 bits per heavy atom. The third-order valence-electron chi connectivity index (χ3n) is 12.2. The molecule has 2 aromatic heterocycles. The number of hydrogen-bond donors (Lipinski definition) is 0. The van der Waals surface area contributed by atoms with Gasteiger partial charge in [0.05, 0.1) is 40.9 Å². The molecular formula is C57H33F3N4. The van der Waals surface area contributed by atoms with E-state index in [9.17, 15) is 13.2 Å². The molecule has 11 rings (SSSR count). The Morgan fingerprint density at radius 3 is 1.48 bits per heavy atom. The van der Waals surface area contributed by atoms with Crippen LogP contribution < -0.4 is 0 Å². The minimum Gasteiger partial charge on any atom is -0.309 e. The molecule has 0 unspecified atom stereocenters. The maximum atomic E-state index is 13.9. The SMILES string of the molecule is [C-]#[N+]c1cc(C(F)(F)F)ccc1-c1ccc(-n2c3ccccc3c3cc(-c4ccccc4)ccc32)c(-c2cc(-n3c4ccccc4c4cc(-c5ccccc5)ccc43)ccc2[N+]#[C-])c1. The van der Waals surface area contributed by atoms with E-state index in [0.717, 1.165) is 89.4 Å². The predicted octanol–water partition coefficient (Wildman–Crippen LogP) is 16.7. The molecule has 0 bridgehead atoms. The Hall–Kier alpha value is -8.65. The van der Waals surface area contributed by atoms with Crippen molar-refractivity contribution in [2.75, 3.05) is 0 Å². The molecule has 7 heteroatoms. The molecule has 0 amide bonds. The van der Waals surface area contributed by atoms with Crippen LogP contribution in [0.4, 0.5) is 24.5 Å². The highest BCUT2D eigenvalue weighted by Gasteiger charge is 2.31. The van der Waals surface area contributed by atoms with Crippen LogP contribution in [0.3, 0.4) is 0 Å². The van der Waals surface area contributed by atoms with Gasteiger partial charge in [0.25, 0.3) is 0 Å². The van der Waals surface area contributed by atoms with Crippen molar-refractivity contribution in [2.45, 2.75) is 6.18 Å². The highest BCUT2D eigenvalue weighted by molar-refractivity contribution is 6.12. The van der Waals surface area contributed by atoms with Gasteiger partial charge in [-0.25, -0.2) is 9.69 Å². The number of rotatable bonds is 6. The number of para-hydroxylation sites is 2. The van der Waals surface area contributed by atoms with Crippen molar-refractivity contribution < 1.29 is 13.2 Å². The molecule has 0 aliphatic heterocycles. The average Bonchev–Trinajstić information content (AvgIpc) is 3.86. The molecule has 0 saturated carbocycles. The number of aromatic nitrogens is 2. The van der Waals surface area contributed by atoms with Gasteiger partial charge in [-0.1, -0.05) is 133 Å². The van der Waals surface area contributed by atoms with Gasteiger partial charge in [0.1, 0.15) is 0 Å². The molecule has 0 spiro atoms. The van der Waals surface area contributed by atoms with Gasteiger partial charge in [-0.05, 0) is 111 Å². The second kappa shape index (κ2) is 15.1. The largest absolute Gasteiger partial charge is 0.415 e. The Bertz CT molecular complexity index is 3730. The molecule has 64 heavy (non-hydrogen) atoms. The van der Waals surface area contributed by atoms with E-state index >= 15 is 0 Å². The first-order chi connectivity index (χ1) is 31.3. The van der Waals surface area contributed by atoms with Gasteiger partial charge in [-0.2, -0.15) is 13.2 Å². The Labute approximate surface area is 366 Å². The average molecular weight is 831 g/mol. The second-order valence-corrected chi connectivity index (χ2v) is 15.8. The van der Waals surface area contributed by atoms with Crippen LogP contribution in [0.2, 0.25) is 0 Å². The highest BCUT2D eigenvalue weighted by Crippen LogP contribution is 2.45. The summed E-state index contributed by atoms with van der Waals surface area (Å²) < 4.78 is 46.1. The van der Waals surface area contributed by atoms with Gasteiger partial charge in [0.2, 0.25) is 0 Å². The zero-order chi connectivity index (χ0) is 43.5. The van der Waals surface area contributed by atoms with Crippen LogP contribution in [0, 0.1) is 13.1 Å². The van der Waals surface area contributed by atoms with Gasteiger partial charge in [0.15, 0.2) is 11.4 Å². The monoisotopic (exact) mass is 830 g/mol. The number of alkyl halides is 3. The summed E-state index contributed by atoms with van der Waals surface area (Å²) in [5.74, 6) is 0. The van der Waals surface area contributed by atoms with E-state index in [0.29, 0.717) is 27.9 Å². The predicted molar refractivity (Wildman–Crippen MR) is 254 cm³/mol. The number of hydrogen-bond acceptors (Lipinski definition) is 0. The summed E-state index contributed by atoms with van der Waals surface area (Å²) >= 11 is 0. The molecule has 4 nitrogen and oxygen atoms in total. The normalized spacial score (nSPS) is 11.6. The maximum absolute atomic E-state index is 13.9. The summed E-state index contributed by atoms with van der Waals surface area (Å²) in [7, 11) is 0. The summed E-state index contributed by atoms with van der Waals surface area (Å²) in [5, 5.41) is 4.26. The smallest absolute Gasteiger partial charge is 0.309 e. The molecular weight excluding hydrogens is 798 g/mol. The fourth-order valence-electron chi connectivity index (χ4n) is 9.24. The van der Waals surface area contributed by atoms with Gasteiger partial charge >= 0.3 is 6.18 Å². The third kappa shape index (κ3) is 6.30. The van der Waals surface area contributed by atoms with E-state index in [4.69, 9.17) is 13.1 Å². The Morgan fingerprint density at radius 1 is 0.359 bits per heavy atom. The lowest BCUT2D eigenvalue weighted by atomic mass is 9.94. The standard InChI is InChI=1S/C57H33F3N4/c1-61-50-27-25-42(63-52-19-11-9-17-44(52)47-31-38(21-28-54(47)63)36-13-5-3-6-14-36)35-46(50)49-33-40(43-26-24-41(57(58,59)60)34-51(43)62-2)23-30-56(49)64-53-20-12-10-18-45(53)48-32-39(22-29-55(48)64)37-15-7-4-8-16-37/h3-35H. The minimum atomic E-state index is -4.61. The topological polar surface area (TPSA) is 18.6 Å². The van der Waals surface area contributed by atoms with Gasteiger partial charge < -0.3 is 9.13 Å². The first kappa shape index (κ1) is 38.3. The molecule has 0 aliphatic carbocycles. The van der Waals surface area contributed by atoms with Crippen molar-refractivity contribution in [3.05, 3.63) is 229 Å². The van der Waals surface area contributed by atoms with Crippen molar-refractivity contribution in [1.29, 1.82) is 0 Å². The Kier molecular flexibility index (Phi) is 9.01. The lowest BCUT2D eigenvalue weighted by Gasteiger charge is -2.19. The van der Waals surface area contributed by atoms with Crippen molar-refractivity contribution in [1.82, 2.24) is 9.13 Å². The second-order valence-electron chi connectivity index (χ2n) is 15.8. The lowest BCUT2D eigenvalue weighted by molar-refractivity contribution is -0.137. The lowest BCUT2D eigenvalue weighted by Crippen LogP contribution is -2.04. The number of fused-ring (bicyclic) bond motifs is 6. The van der Waals surface area contributed by atoms with E-state index < -0.39 is 11.7 Å². The summed E-state index contributed by atoms with van der Waals surface area (Å²) in [6, 6.07) is 64.8. The van der Waals surface area contributed by atoms with Gasteiger partial charge in [0, 0.05) is 32.8 Å². The number of halogens is 3. The number of nitrogens with zero attached hydrogens (tertiary/aromatic N) is 4. The first-order valence-electron chi connectivity index (χ1n) is 20.7. The van der Waals surface area contributed by atoms with Crippen LogP contribution in [0.1, 0.15) is 5.56 Å². The maximum Gasteiger partial charge on any atom is 0.415 e. The van der Waals surface area contributed by atoms with Crippen LogP contribution in [0.15, 0.2) is 200 Å². The third-order valence-corrected chi connectivity index (χ3v) is 12.2. The molecule has 0 fully saturated rings. The van der Waals surface area contributed by atoms with Gasteiger partial charge in [-0.15, -0.1) is 0 Å². The molecule has 0 saturated heterocycles. The summed E-state index contributed by atoms with van der Waals surface area (Å²) in [6.45, 7) is 16.4. The first-order valence-corrected chi connectivity index (χ1v) is 20.7. The van der Waals surface area contributed by atoms with Crippen molar-refractivity contribution >= 4 is 55.0 Å². The molecule has 0 radical (unpaired) electrons. The summed E-state index contributed by atoms with van der Waals surface area (Å²) in [4.78, 5) is 7.63. The molecule has 11 aromatic rings. The molecule has 302 valence electrons. The summed E-state index contributed by atoms with van der Waals surface area (Å²) in [5.41, 5.74) is 11.5. The van der Waals surface area contributed by atoms with Crippen LogP contribution >= 0.6 is 0 Å². The zero-order valence-corrected chi connectivity index (χ0v) is 34.0. The van der Waals surface area contributed by atoms with Crippen LogP contribution in [-0.4, -0.2) is 9.13 Å². The van der Waals surface area contributed by atoms with Crippen molar-refractivity contribution in [2.24, 2.45) is 0 Å². The fraction of sp³-hybridized carbons (Fsp3) is 0.0175. The van der Waals surface area contributed by atoms with Crippen LogP contribution in [-0.2, 0) is 6.18 Å².